The SMILES string of the molecule is O=C(OCc1nc(-c2ccsc2)no1)C1(c2ccccc2)CCCC1. The number of esters is 1. The molecule has 5 nitrogen and oxygen atoms in total. The zero-order valence-corrected chi connectivity index (χ0v) is 14.5. The van der Waals surface area contributed by atoms with Crippen molar-refractivity contribution in [1.29, 1.82) is 0 Å². The number of aromatic nitrogens is 2. The molecule has 0 atom stereocenters. The van der Waals surface area contributed by atoms with Crippen molar-refractivity contribution >= 4 is 17.3 Å². The molecule has 0 unspecified atom stereocenters. The van der Waals surface area contributed by atoms with E-state index in [9.17, 15) is 4.79 Å². The Balaban J connectivity index is 1.48. The molecule has 1 aliphatic carbocycles. The molecule has 2 aromatic heterocycles. The van der Waals surface area contributed by atoms with Crippen molar-refractivity contribution < 1.29 is 14.1 Å². The molecule has 128 valence electrons. The number of rotatable bonds is 5. The standard InChI is InChI=1S/C19H18N2O3S/c22-18(19(9-4-5-10-19)15-6-2-1-3-7-15)23-12-16-20-17(21-24-16)14-8-11-25-13-14/h1-3,6-8,11,13H,4-5,9-10,12H2. The Morgan fingerprint density at radius 1 is 1.20 bits per heavy atom. The van der Waals surface area contributed by atoms with Crippen LogP contribution in [-0.4, -0.2) is 16.1 Å². The van der Waals surface area contributed by atoms with Crippen molar-refractivity contribution in [2.24, 2.45) is 0 Å². The Kier molecular flexibility index (Phi) is 4.36. The second-order valence-corrected chi connectivity index (χ2v) is 7.04. The lowest BCUT2D eigenvalue weighted by Crippen LogP contribution is -2.34. The summed E-state index contributed by atoms with van der Waals surface area (Å²) in [4.78, 5) is 17.2. The molecule has 0 amide bonds. The molecule has 0 bridgehead atoms. The highest BCUT2D eigenvalue weighted by Crippen LogP contribution is 2.42. The fraction of sp³-hybridized carbons (Fsp3) is 0.316. The average Bonchev–Trinajstić information content (AvgIpc) is 3.42. The summed E-state index contributed by atoms with van der Waals surface area (Å²) in [6, 6.07) is 11.8. The molecule has 1 saturated carbocycles. The third-order valence-electron chi connectivity index (χ3n) is 4.75. The fourth-order valence-corrected chi connectivity index (χ4v) is 4.07. The highest BCUT2D eigenvalue weighted by molar-refractivity contribution is 7.08. The van der Waals surface area contributed by atoms with Crippen molar-refractivity contribution in [3.63, 3.8) is 0 Å². The van der Waals surface area contributed by atoms with E-state index in [-0.39, 0.29) is 12.6 Å². The van der Waals surface area contributed by atoms with Crippen LogP contribution < -0.4 is 0 Å². The molecule has 25 heavy (non-hydrogen) atoms. The second-order valence-electron chi connectivity index (χ2n) is 6.26. The van der Waals surface area contributed by atoms with Gasteiger partial charge in [0.1, 0.15) is 0 Å². The molecule has 0 aliphatic heterocycles. The molecule has 1 aromatic carbocycles. The number of carbonyl (C=O) groups is 1. The molecule has 0 saturated heterocycles. The Labute approximate surface area is 149 Å². The Bertz CT molecular complexity index is 837. The molecular weight excluding hydrogens is 336 g/mol. The van der Waals surface area contributed by atoms with Gasteiger partial charge in [0.2, 0.25) is 5.82 Å². The summed E-state index contributed by atoms with van der Waals surface area (Å²) in [5, 5.41) is 7.84. The summed E-state index contributed by atoms with van der Waals surface area (Å²) in [5.41, 5.74) is 1.39. The summed E-state index contributed by atoms with van der Waals surface area (Å²) >= 11 is 1.57. The normalized spacial score (nSPS) is 16.0. The van der Waals surface area contributed by atoms with E-state index in [0.29, 0.717) is 11.7 Å². The summed E-state index contributed by atoms with van der Waals surface area (Å²) in [6.45, 7) is 0.00452. The molecule has 0 radical (unpaired) electrons. The molecule has 6 heteroatoms. The van der Waals surface area contributed by atoms with Crippen LogP contribution in [0.5, 0.6) is 0 Å². The van der Waals surface area contributed by atoms with Gasteiger partial charge in [0, 0.05) is 10.9 Å². The topological polar surface area (TPSA) is 65.2 Å². The van der Waals surface area contributed by atoms with Crippen LogP contribution in [0.25, 0.3) is 11.4 Å². The number of hydrogen-bond acceptors (Lipinski definition) is 6. The van der Waals surface area contributed by atoms with E-state index < -0.39 is 5.41 Å². The van der Waals surface area contributed by atoms with Crippen LogP contribution in [0.2, 0.25) is 0 Å². The van der Waals surface area contributed by atoms with Crippen LogP contribution in [0.4, 0.5) is 0 Å². The maximum absolute atomic E-state index is 12.9. The van der Waals surface area contributed by atoms with E-state index in [2.05, 4.69) is 10.1 Å². The first-order valence-corrected chi connectivity index (χ1v) is 9.30. The first kappa shape index (κ1) is 16.0. The lowest BCUT2D eigenvalue weighted by atomic mass is 9.79. The second kappa shape index (κ2) is 6.80. The minimum absolute atomic E-state index is 0.00452. The molecule has 1 aliphatic rings. The molecule has 3 aromatic rings. The fourth-order valence-electron chi connectivity index (χ4n) is 3.43. The van der Waals surface area contributed by atoms with E-state index in [1.54, 1.807) is 11.3 Å². The number of nitrogens with zero attached hydrogens (tertiary/aromatic N) is 2. The maximum atomic E-state index is 12.9. The van der Waals surface area contributed by atoms with Crippen molar-refractivity contribution in [3.05, 3.63) is 58.6 Å². The van der Waals surface area contributed by atoms with Gasteiger partial charge in [-0.1, -0.05) is 48.3 Å². The lowest BCUT2D eigenvalue weighted by Gasteiger charge is -2.26. The van der Waals surface area contributed by atoms with Crippen LogP contribution in [0.15, 0.2) is 51.7 Å². The van der Waals surface area contributed by atoms with Gasteiger partial charge in [-0.2, -0.15) is 16.3 Å². The highest BCUT2D eigenvalue weighted by Gasteiger charge is 2.44. The largest absolute Gasteiger partial charge is 0.455 e. The molecule has 0 spiro atoms. The summed E-state index contributed by atoms with van der Waals surface area (Å²) in [6.07, 6.45) is 3.71. The zero-order valence-electron chi connectivity index (χ0n) is 13.7. The van der Waals surface area contributed by atoms with Crippen molar-refractivity contribution in [1.82, 2.24) is 10.1 Å². The lowest BCUT2D eigenvalue weighted by molar-refractivity contribution is -0.152. The van der Waals surface area contributed by atoms with E-state index in [0.717, 1.165) is 36.8 Å². The van der Waals surface area contributed by atoms with Crippen molar-refractivity contribution in [3.8, 4) is 11.4 Å². The van der Waals surface area contributed by atoms with Gasteiger partial charge >= 0.3 is 5.97 Å². The number of carbonyl (C=O) groups excluding carboxylic acids is 1. The minimum Gasteiger partial charge on any atom is -0.455 e. The summed E-state index contributed by atoms with van der Waals surface area (Å²) in [7, 11) is 0. The average molecular weight is 354 g/mol. The predicted octanol–water partition coefficient (Wildman–Crippen LogP) is 4.35. The van der Waals surface area contributed by atoms with Crippen molar-refractivity contribution in [2.75, 3.05) is 0 Å². The third-order valence-corrected chi connectivity index (χ3v) is 5.43. The number of thiophene rings is 1. The molecule has 1 fully saturated rings. The van der Waals surface area contributed by atoms with Gasteiger partial charge in [-0.05, 0) is 29.9 Å². The van der Waals surface area contributed by atoms with Crippen LogP contribution in [0.1, 0.15) is 37.1 Å². The van der Waals surface area contributed by atoms with Crippen LogP contribution in [0, 0.1) is 0 Å². The monoisotopic (exact) mass is 354 g/mol. The van der Waals surface area contributed by atoms with Gasteiger partial charge < -0.3 is 9.26 Å². The number of benzene rings is 1. The first-order valence-electron chi connectivity index (χ1n) is 8.36. The summed E-state index contributed by atoms with van der Waals surface area (Å²) in [5.74, 6) is 0.633. The molecular formula is C19H18N2O3S. The highest BCUT2D eigenvalue weighted by atomic mass is 32.1. The Morgan fingerprint density at radius 3 is 2.72 bits per heavy atom. The van der Waals surface area contributed by atoms with Gasteiger partial charge in [-0.25, -0.2) is 0 Å². The third kappa shape index (κ3) is 3.09. The van der Waals surface area contributed by atoms with Gasteiger partial charge in [0.15, 0.2) is 6.61 Å². The quantitative estimate of drug-likeness (QED) is 0.637. The minimum atomic E-state index is -0.544. The number of hydrogen-bond donors (Lipinski definition) is 0. The maximum Gasteiger partial charge on any atom is 0.317 e. The van der Waals surface area contributed by atoms with Gasteiger partial charge in [-0.3, -0.25) is 4.79 Å². The number of ether oxygens (including phenoxy) is 1. The molecule has 0 N–H and O–H groups in total. The van der Waals surface area contributed by atoms with Crippen LogP contribution >= 0.6 is 11.3 Å². The van der Waals surface area contributed by atoms with E-state index in [4.69, 9.17) is 9.26 Å². The van der Waals surface area contributed by atoms with Gasteiger partial charge in [0.05, 0.1) is 5.41 Å². The Hall–Kier alpha value is -2.47. The van der Waals surface area contributed by atoms with E-state index >= 15 is 0 Å². The first-order chi connectivity index (χ1) is 12.3. The van der Waals surface area contributed by atoms with E-state index in [1.807, 2.05) is 47.2 Å². The van der Waals surface area contributed by atoms with Gasteiger partial charge in [-0.15, -0.1) is 0 Å². The zero-order chi connectivity index (χ0) is 17.1. The smallest absolute Gasteiger partial charge is 0.317 e. The molecule has 4 rings (SSSR count). The van der Waals surface area contributed by atoms with Crippen LogP contribution in [0.3, 0.4) is 0 Å². The predicted molar refractivity (Wildman–Crippen MR) is 94.0 cm³/mol. The summed E-state index contributed by atoms with van der Waals surface area (Å²) < 4.78 is 10.8. The van der Waals surface area contributed by atoms with Crippen molar-refractivity contribution in [2.45, 2.75) is 37.7 Å². The van der Waals surface area contributed by atoms with E-state index in [1.165, 1.54) is 0 Å². The Morgan fingerprint density at radius 2 is 2.00 bits per heavy atom. The van der Waals surface area contributed by atoms with Crippen LogP contribution in [-0.2, 0) is 21.6 Å². The molecule has 2 heterocycles. The van der Waals surface area contributed by atoms with Gasteiger partial charge in [0.25, 0.3) is 5.89 Å².